The van der Waals surface area contributed by atoms with Crippen LogP contribution in [0.5, 0.6) is 11.5 Å². The molecule has 3 unspecified atom stereocenters. The van der Waals surface area contributed by atoms with E-state index in [-0.39, 0.29) is 17.0 Å². The van der Waals surface area contributed by atoms with Crippen molar-refractivity contribution in [2.45, 2.75) is 101 Å². The zero-order valence-electron chi connectivity index (χ0n) is 21.9. The van der Waals surface area contributed by atoms with Crippen LogP contribution in [0.25, 0.3) is 11.2 Å². The molecule has 0 bridgehead atoms. The molecule has 10 heteroatoms. The first-order valence-corrected chi connectivity index (χ1v) is 15.1. The number of piperidine rings is 1. The van der Waals surface area contributed by atoms with E-state index in [9.17, 15) is 0 Å². The van der Waals surface area contributed by atoms with Crippen LogP contribution in [0.15, 0.2) is 34.2 Å². The minimum atomic E-state index is -0.386. The summed E-state index contributed by atoms with van der Waals surface area (Å²) in [4.78, 5) is 15.3. The molecular formula is C27H37BrN6O2S. The molecule has 1 aromatic carbocycles. The molecule has 0 radical (unpaired) electrons. The third kappa shape index (κ3) is 6.01. The lowest BCUT2D eigenvalue weighted by atomic mass is 9.98. The van der Waals surface area contributed by atoms with Crippen LogP contribution in [-0.2, 0) is 6.54 Å². The maximum Gasteiger partial charge on any atom is 0.253 e. The van der Waals surface area contributed by atoms with E-state index in [1.807, 2.05) is 18.2 Å². The second kappa shape index (κ2) is 11.8. The van der Waals surface area contributed by atoms with Gasteiger partial charge < -0.3 is 19.0 Å². The van der Waals surface area contributed by atoms with Crippen molar-refractivity contribution in [2.24, 2.45) is 0 Å². The number of hydrogen-bond acceptors (Lipinski definition) is 7. The van der Waals surface area contributed by atoms with Gasteiger partial charge in [-0.2, -0.15) is 0 Å². The molecule has 1 fully saturated rings. The van der Waals surface area contributed by atoms with Crippen LogP contribution in [0.1, 0.15) is 65.7 Å². The number of nitrogens with one attached hydrogen (secondary N) is 2. The fraction of sp³-hybridized carbons (Fsp3) is 0.593. The second-order valence-corrected chi connectivity index (χ2v) is 12.4. The van der Waals surface area contributed by atoms with E-state index in [0.29, 0.717) is 17.6 Å². The van der Waals surface area contributed by atoms with Crippen molar-refractivity contribution in [3.63, 3.8) is 0 Å². The number of hydrogen-bond donors (Lipinski definition) is 2. The van der Waals surface area contributed by atoms with Crippen LogP contribution < -0.4 is 15.0 Å². The van der Waals surface area contributed by atoms with Crippen LogP contribution in [0.4, 0.5) is 0 Å². The van der Waals surface area contributed by atoms with Gasteiger partial charge in [0.05, 0.1) is 11.6 Å². The number of aromatic amines is 1. The predicted octanol–water partition coefficient (Wildman–Crippen LogP) is 6.10. The molecule has 8 nitrogen and oxygen atoms in total. The Bertz CT molecular complexity index is 1280. The summed E-state index contributed by atoms with van der Waals surface area (Å²) in [6.07, 6.45) is 9.38. The Labute approximate surface area is 231 Å². The van der Waals surface area contributed by atoms with Crippen LogP contribution in [0, 0.1) is 5.41 Å². The van der Waals surface area contributed by atoms with E-state index in [1.54, 1.807) is 18.1 Å². The third-order valence-corrected chi connectivity index (χ3v) is 9.01. The van der Waals surface area contributed by atoms with Crippen molar-refractivity contribution in [1.29, 1.82) is 5.41 Å². The first kappa shape index (κ1) is 26.6. The molecule has 1 saturated heterocycles. The van der Waals surface area contributed by atoms with Crippen LogP contribution in [0.3, 0.4) is 0 Å². The Morgan fingerprint density at radius 3 is 2.89 bits per heavy atom. The maximum atomic E-state index is 8.39. The molecule has 3 aromatic rings. The Morgan fingerprint density at radius 1 is 1.24 bits per heavy atom. The van der Waals surface area contributed by atoms with Gasteiger partial charge in [0.1, 0.15) is 5.52 Å². The number of thioether (sulfide) groups is 1. The molecule has 37 heavy (non-hydrogen) atoms. The molecule has 0 aliphatic carbocycles. The second-order valence-electron chi connectivity index (χ2n) is 10.3. The van der Waals surface area contributed by atoms with Gasteiger partial charge in [-0.05, 0) is 64.3 Å². The number of benzene rings is 1. The molecule has 2 aliphatic rings. The highest BCUT2D eigenvalue weighted by Crippen LogP contribution is 2.41. The Morgan fingerprint density at radius 2 is 2.08 bits per heavy atom. The number of nitrogens with zero attached hydrogens (tertiary/aromatic N) is 4. The largest absolute Gasteiger partial charge is 0.450 e. The third-order valence-electron chi connectivity index (χ3n) is 7.34. The fourth-order valence-electron chi connectivity index (χ4n) is 5.38. The molecule has 2 N–H and O–H groups in total. The van der Waals surface area contributed by atoms with Gasteiger partial charge in [-0.1, -0.05) is 53.9 Å². The van der Waals surface area contributed by atoms with Gasteiger partial charge in [0.15, 0.2) is 27.8 Å². The Kier molecular flexibility index (Phi) is 8.46. The highest BCUT2D eigenvalue weighted by molar-refractivity contribution is 9.10. The fourth-order valence-corrected chi connectivity index (χ4v) is 6.81. The number of likely N-dealkylation sites (tertiary alicyclic amines) is 1. The summed E-state index contributed by atoms with van der Waals surface area (Å²) < 4.78 is 15.5. The zero-order valence-corrected chi connectivity index (χ0v) is 24.3. The summed E-state index contributed by atoms with van der Waals surface area (Å²) >= 11 is 5.15. The normalized spacial score (nSPS) is 20.7. The van der Waals surface area contributed by atoms with E-state index in [0.717, 1.165) is 59.0 Å². The molecular weight excluding hydrogens is 552 g/mol. The SMILES string of the molecule is CCCCC(Sc1nc2c([nH]1)c(=N)ncn2CCC1CCCCN1C(C)C)C1Oc2ccc(Br)cc2O1. The van der Waals surface area contributed by atoms with Crippen molar-refractivity contribution in [2.75, 3.05) is 6.54 Å². The van der Waals surface area contributed by atoms with E-state index in [2.05, 4.69) is 56.1 Å². The molecule has 0 saturated carbocycles. The summed E-state index contributed by atoms with van der Waals surface area (Å²) in [6.45, 7) is 8.80. The topological polar surface area (TPSA) is 92.0 Å². The van der Waals surface area contributed by atoms with Gasteiger partial charge in [0, 0.05) is 23.1 Å². The Balaban J connectivity index is 1.34. The highest BCUT2D eigenvalue weighted by atomic mass is 79.9. The quantitative estimate of drug-likeness (QED) is 0.278. The van der Waals surface area contributed by atoms with Gasteiger partial charge >= 0.3 is 0 Å². The van der Waals surface area contributed by atoms with E-state index < -0.39 is 0 Å². The number of halogens is 1. The lowest BCUT2D eigenvalue weighted by molar-refractivity contribution is 0.0452. The number of imidazole rings is 1. The van der Waals surface area contributed by atoms with Crippen LogP contribution >= 0.6 is 27.7 Å². The van der Waals surface area contributed by atoms with Crippen LogP contribution in [0.2, 0.25) is 0 Å². The molecule has 0 spiro atoms. The van der Waals surface area contributed by atoms with Crippen molar-refractivity contribution in [3.05, 3.63) is 34.5 Å². The summed E-state index contributed by atoms with van der Waals surface area (Å²) in [6, 6.07) is 7.00. The number of unbranched alkanes of at least 4 members (excludes halogenated alkanes) is 1. The number of rotatable bonds is 10. The lowest BCUT2D eigenvalue weighted by Crippen LogP contribution is -2.44. The first-order chi connectivity index (χ1) is 17.9. The van der Waals surface area contributed by atoms with Gasteiger partial charge in [0.2, 0.25) is 0 Å². The van der Waals surface area contributed by atoms with Gasteiger partial charge in [-0.25, -0.2) is 9.97 Å². The van der Waals surface area contributed by atoms with E-state index in [1.165, 1.54) is 25.8 Å². The van der Waals surface area contributed by atoms with Crippen molar-refractivity contribution in [1.82, 2.24) is 24.4 Å². The summed E-state index contributed by atoms with van der Waals surface area (Å²) in [5.41, 5.74) is 1.70. The number of fused-ring (bicyclic) bond motifs is 2. The summed E-state index contributed by atoms with van der Waals surface area (Å²) in [7, 11) is 0. The van der Waals surface area contributed by atoms with Crippen molar-refractivity contribution >= 4 is 38.9 Å². The average molecular weight is 590 g/mol. The van der Waals surface area contributed by atoms with Crippen molar-refractivity contribution in [3.8, 4) is 11.5 Å². The van der Waals surface area contributed by atoms with E-state index >= 15 is 0 Å². The summed E-state index contributed by atoms with van der Waals surface area (Å²) in [5.74, 6) is 1.54. The van der Waals surface area contributed by atoms with Gasteiger partial charge in [-0.3, -0.25) is 10.3 Å². The number of H-pyrrole nitrogens is 1. The van der Waals surface area contributed by atoms with Gasteiger partial charge in [-0.15, -0.1) is 0 Å². The molecule has 200 valence electrons. The average Bonchev–Trinajstić information content (AvgIpc) is 3.51. The molecule has 0 amide bonds. The molecule has 2 aliphatic heterocycles. The number of ether oxygens (including phenoxy) is 2. The minimum absolute atomic E-state index is 0.0594. The standard InChI is InChI=1S/C27H37BrN6O2S/c1-4-5-9-22(26-35-20-11-10-18(28)15-21(20)36-26)37-27-31-23-24(29)30-16-33(25(23)32-27)14-12-19-8-6-7-13-34(19)17(2)3/h10-11,15-17,19,22,26,29H,4-9,12-14H2,1-3H3,(H,31,32). The monoisotopic (exact) mass is 588 g/mol. The smallest absolute Gasteiger partial charge is 0.253 e. The number of aryl methyl sites for hydroxylation is 1. The maximum absolute atomic E-state index is 8.39. The van der Waals surface area contributed by atoms with Crippen molar-refractivity contribution < 1.29 is 9.47 Å². The van der Waals surface area contributed by atoms with E-state index in [4.69, 9.17) is 19.9 Å². The lowest BCUT2D eigenvalue weighted by Gasteiger charge is -2.38. The molecule has 3 atom stereocenters. The zero-order chi connectivity index (χ0) is 25.9. The highest BCUT2D eigenvalue weighted by Gasteiger charge is 2.33. The predicted molar refractivity (Wildman–Crippen MR) is 150 cm³/mol. The molecule has 4 heterocycles. The molecule has 2 aromatic heterocycles. The minimum Gasteiger partial charge on any atom is -0.450 e. The number of aromatic nitrogens is 4. The first-order valence-electron chi connectivity index (χ1n) is 13.5. The van der Waals surface area contributed by atoms with Crippen LogP contribution in [-0.4, -0.2) is 54.6 Å². The molecule has 5 rings (SSSR count). The van der Waals surface area contributed by atoms with Gasteiger partial charge in [0.25, 0.3) is 6.29 Å². The summed E-state index contributed by atoms with van der Waals surface area (Å²) in [5, 5.41) is 9.23. The Hall–Kier alpha value is -2.04.